The lowest BCUT2D eigenvalue weighted by Crippen LogP contribution is -2.56. The lowest BCUT2D eigenvalue weighted by molar-refractivity contribution is 0.329. The van der Waals surface area contributed by atoms with Gasteiger partial charge in [0.2, 0.25) is 18.1 Å². The SMILES string of the molecule is CCOc1ccc([SiH](O[SiH](c2ccc(OCC)c(C(C)(C)C)c2)c2ccc(OCC)c(C(C)(C)C)c2)c2ccc(OCC)c(C(C)(C)C)c2)cc1C(C)(C)C. The molecule has 0 aromatic heterocycles. The average molecular weight is 783 g/mol. The first-order chi connectivity index (χ1) is 25.6. The van der Waals surface area contributed by atoms with Gasteiger partial charge in [0.1, 0.15) is 23.0 Å². The normalized spacial score (nSPS) is 12.7. The fraction of sp³-hybridized carbons (Fsp3) is 0.500. The van der Waals surface area contributed by atoms with E-state index in [1.54, 1.807) is 0 Å². The molecule has 4 aromatic rings. The topological polar surface area (TPSA) is 46.2 Å². The number of hydrogen-bond donors (Lipinski definition) is 0. The summed E-state index contributed by atoms with van der Waals surface area (Å²) >= 11 is 0. The lowest BCUT2D eigenvalue weighted by atomic mass is 9.86. The van der Waals surface area contributed by atoms with Crippen LogP contribution in [0.1, 0.15) is 133 Å². The van der Waals surface area contributed by atoms with Crippen LogP contribution in [0, 0.1) is 0 Å². The first-order valence-corrected chi connectivity index (χ1v) is 23.6. The van der Waals surface area contributed by atoms with Crippen molar-refractivity contribution in [1.82, 2.24) is 0 Å². The molecule has 4 aromatic carbocycles. The second kappa shape index (κ2) is 17.7. The van der Waals surface area contributed by atoms with Crippen LogP contribution in [-0.2, 0) is 25.8 Å². The fourth-order valence-corrected chi connectivity index (χ4v) is 13.9. The Morgan fingerprint density at radius 1 is 0.345 bits per heavy atom. The molecule has 0 fully saturated rings. The minimum Gasteiger partial charge on any atom is -0.494 e. The molecule has 0 radical (unpaired) electrons. The van der Waals surface area contributed by atoms with E-state index in [0.717, 1.165) is 23.0 Å². The molecule has 0 heterocycles. The summed E-state index contributed by atoms with van der Waals surface area (Å²) in [4.78, 5) is 0. The van der Waals surface area contributed by atoms with E-state index >= 15 is 0 Å². The van der Waals surface area contributed by atoms with Gasteiger partial charge in [-0.15, -0.1) is 0 Å². The maximum atomic E-state index is 7.98. The van der Waals surface area contributed by atoms with Gasteiger partial charge in [0, 0.05) is 0 Å². The molecule has 0 spiro atoms. The molecule has 7 heteroatoms. The van der Waals surface area contributed by atoms with Crippen molar-refractivity contribution < 1.29 is 23.1 Å². The Labute approximate surface area is 337 Å². The smallest absolute Gasteiger partial charge is 0.228 e. The van der Waals surface area contributed by atoms with Gasteiger partial charge >= 0.3 is 0 Å². The predicted octanol–water partition coefficient (Wildman–Crippen LogP) is 8.86. The standard InChI is InChI=1S/C48H70O5Si2/c1-17-49-41-25-21-33(29-37(41)45(5,6)7)54(34-22-26-42(50-18-2)38(30-34)46(8,9)10)53-55(35-23-27-43(51-19-3)39(31-35)47(11,12)13)36-24-28-44(52-20-4)40(32-36)48(14,15)16/h21-32,54-55H,17-20H2,1-16H3. The van der Waals surface area contributed by atoms with E-state index in [1.807, 2.05) is 0 Å². The van der Waals surface area contributed by atoms with Crippen molar-refractivity contribution in [3.05, 3.63) is 95.1 Å². The van der Waals surface area contributed by atoms with Gasteiger partial charge in [-0.2, -0.15) is 0 Å². The Hall–Kier alpha value is -3.53. The molecule has 55 heavy (non-hydrogen) atoms. The zero-order chi connectivity index (χ0) is 40.9. The van der Waals surface area contributed by atoms with Crippen LogP contribution >= 0.6 is 0 Å². The molecule has 0 aliphatic rings. The first kappa shape index (κ1) is 44.2. The molecule has 0 unspecified atom stereocenters. The maximum Gasteiger partial charge on any atom is 0.228 e. The molecule has 0 N–H and O–H groups in total. The first-order valence-electron chi connectivity index (χ1n) is 20.4. The summed E-state index contributed by atoms with van der Waals surface area (Å²) in [5.74, 6) is 3.74. The Balaban J connectivity index is 2.10. The summed E-state index contributed by atoms with van der Waals surface area (Å²) < 4.78 is 32.9. The highest BCUT2D eigenvalue weighted by molar-refractivity contribution is 6.91. The Morgan fingerprint density at radius 2 is 0.545 bits per heavy atom. The third-order valence-corrected chi connectivity index (χ3v) is 16.0. The number of benzene rings is 4. The molecule has 4 rings (SSSR count). The van der Waals surface area contributed by atoms with Crippen LogP contribution in [0.25, 0.3) is 0 Å². The van der Waals surface area contributed by atoms with Crippen LogP contribution in [0.3, 0.4) is 0 Å². The predicted molar refractivity (Wildman–Crippen MR) is 239 cm³/mol. The Bertz CT molecular complexity index is 1620. The van der Waals surface area contributed by atoms with Gasteiger partial charge in [-0.1, -0.05) is 132 Å². The Morgan fingerprint density at radius 3 is 0.709 bits per heavy atom. The third kappa shape index (κ3) is 10.9. The van der Waals surface area contributed by atoms with Crippen molar-refractivity contribution in [1.29, 1.82) is 0 Å². The number of rotatable bonds is 14. The molecule has 5 nitrogen and oxygen atoms in total. The van der Waals surface area contributed by atoms with E-state index in [4.69, 9.17) is 23.1 Å². The summed E-state index contributed by atoms with van der Waals surface area (Å²) in [6, 6.07) is 27.2. The summed E-state index contributed by atoms with van der Waals surface area (Å²) in [5.41, 5.74) is 4.28. The third-order valence-electron chi connectivity index (χ3n) is 9.93. The quantitative estimate of drug-likeness (QED) is 0.120. The summed E-state index contributed by atoms with van der Waals surface area (Å²) in [6.07, 6.45) is 0. The molecular weight excluding hydrogens is 713 g/mol. The van der Waals surface area contributed by atoms with Gasteiger partial charge in [0.15, 0.2) is 0 Å². The van der Waals surface area contributed by atoms with Gasteiger partial charge in [-0.05, 0) is 117 Å². The average Bonchev–Trinajstić information content (AvgIpc) is 3.09. The fourth-order valence-electron chi connectivity index (χ4n) is 7.15. The van der Waals surface area contributed by atoms with E-state index in [9.17, 15) is 0 Å². The van der Waals surface area contributed by atoms with E-state index in [-0.39, 0.29) is 21.7 Å². The molecule has 0 aliphatic carbocycles. The zero-order valence-corrected chi connectivity index (χ0v) is 39.3. The largest absolute Gasteiger partial charge is 0.494 e. The van der Waals surface area contributed by atoms with Gasteiger partial charge in [-0.3, -0.25) is 0 Å². The second-order valence-corrected chi connectivity index (χ2v) is 23.9. The van der Waals surface area contributed by atoms with Crippen LogP contribution in [0.15, 0.2) is 72.8 Å². The summed E-state index contributed by atoms with van der Waals surface area (Å²) in [7, 11) is -4.81. The molecule has 0 amide bonds. The van der Waals surface area contributed by atoms with Crippen molar-refractivity contribution in [3.63, 3.8) is 0 Å². The number of ether oxygens (including phenoxy) is 4. The molecule has 0 atom stereocenters. The molecule has 0 bridgehead atoms. The van der Waals surface area contributed by atoms with Crippen molar-refractivity contribution in [3.8, 4) is 23.0 Å². The van der Waals surface area contributed by atoms with E-state index in [2.05, 4.69) is 184 Å². The van der Waals surface area contributed by atoms with E-state index in [1.165, 1.54) is 43.0 Å². The maximum absolute atomic E-state index is 7.98. The van der Waals surface area contributed by atoms with E-state index < -0.39 is 18.1 Å². The van der Waals surface area contributed by atoms with Gasteiger partial charge in [-0.25, -0.2) is 0 Å². The molecule has 0 saturated carbocycles. The monoisotopic (exact) mass is 782 g/mol. The lowest BCUT2D eigenvalue weighted by Gasteiger charge is -2.31. The van der Waals surface area contributed by atoms with Crippen molar-refractivity contribution >= 4 is 38.8 Å². The van der Waals surface area contributed by atoms with Crippen LogP contribution in [-0.4, -0.2) is 44.5 Å². The van der Waals surface area contributed by atoms with Gasteiger partial charge < -0.3 is 23.1 Å². The molecule has 0 saturated heterocycles. The minimum atomic E-state index is -2.41. The van der Waals surface area contributed by atoms with Crippen LogP contribution in [0.4, 0.5) is 0 Å². The summed E-state index contributed by atoms with van der Waals surface area (Å²) in [5, 5.41) is 4.94. The molecular formula is C48H70O5Si2. The number of hydrogen-bond acceptors (Lipinski definition) is 5. The highest BCUT2D eigenvalue weighted by Gasteiger charge is 2.33. The minimum absolute atomic E-state index is 0.126. The highest BCUT2D eigenvalue weighted by atomic mass is 28.4. The second-order valence-electron chi connectivity index (χ2n) is 18.7. The van der Waals surface area contributed by atoms with Crippen molar-refractivity contribution in [2.24, 2.45) is 0 Å². The van der Waals surface area contributed by atoms with Crippen molar-refractivity contribution in [2.45, 2.75) is 132 Å². The van der Waals surface area contributed by atoms with E-state index in [0.29, 0.717) is 26.4 Å². The van der Waals surface area contributed by atoms with Crippen LogP contribution < -0.4 is 39.7 Å². The van der Waals surface area contributed by atoms with Gasteiger partial charge in [0.05, 0.1) is 26.4 Å². The van der Waals surface area contributed by atoms with Crippen molar-refractivity contribution in [2.75, 3.05) is 26.4 Å². The highest BCUT2D eigenvalue weighted by Crippen LogP contribution is 2.35. The van der Waals surface area contributed by atoms with Crippen LogP contribution in [0.2, 0.25) is 0 Å². The molecule has 300 valence electrons. The van der Waals surface area contributed by atoms with Crippen LogP contribution in [0.5, 0.6) is 23.0 Å². The molecule has 0 aliphatic heterocycles. The Kier molecular flexibility index (Phi) is 14.2. The van der Waals surface area contributed by atoms with Gasteiger partial charge in [0.25, 0.3) is 0 Å². The zero-order valence-electron chi connectivity index (χ0n) is 37.0. The summed E-state index contributed by atoms with van der Waals surface area (Å²) in [6.45, 7) is 37.8.